The number of rotatable bonds is 7. The van der Waals surface area contributed by atoms with Gasteiger partial charge in [-0.25, -0.2) is 8.42 Å². The van der Waals surface area contributed by atoms with Crippen molar-refractivity contribution < 1.29 is 13.2 Å². The van der Waals surface area contributed by atoms with Gasteiger partial charge in [-0.2, -0.15) is 0 Å². The number of sulfonamides is 1. The molecule has 2 aromatic heterocycles. The molecular formula is C17H17N3O3S2. The van der Waals surface area contributed by atoms with E-state index in [0.717, 1.165) is 12.0 Å². The molecule has 0 atom stereocenters. The van der Waals surface area contributed by atoms with Crippen LogP contribution in [0, 0.1) is 0 Å². The Morgan fingerprint density at radius 1 is 1.08 bits per heavy atom. The molecule has 0 aliphatic carbocycles. The fraction of sp³-hybridized carbons (Fsp3) is 0.176. The molecule has 0 saturated carbocycles. The second-order valence-corrected chi connectivity index (χ2v) is 8.08. The third kappa shape index (κ3) is 4.34. The van der Waals surface area contributed by atoms with Gasteiger partial charge in [0.15, 0.2) is 0 Å². The molecule has 0 saturated heterocycles. The van der Waals surface area contributed by atoms with Gasteiger partial charge in [0.25, 0.3) is 10.0 Å². The highest BCUT2D eigenvalue weighted by atomic mass is 32.2. The van der Waals surface area contributed by atoms with Gasteiger partial charge < -0.3 is 4.74 Å². The number of anilines is 1. The number of hydrogen-bond acceptors (Lipinski definition) is 6. The average molecular weight is 375 g/mol. The van der Waals surface area contributed by atoms with Crippen LogP contribution in [-0.4, -0.2) is 25.2 Å². The summed E-state index contributed by atoms with van der Waals surface area (Å²) < 4.78 is 32.7. The Kier molecular flexibility index (Phi) is 5.30. The Bertz CT molecular complexity index is 907. The van der Waals surface area contributed by atoms with E-state index in [-0.39, 0.29) is 4.21 Å². The van der Waals surface area contributed by atoms with Crippen LogP contribution in [0.25, 0.3) is 11.3 Å². The smallest absolute Gasteiger partial charge is 0.271 e. The van der Waals surface area contributed by atoms with Gasteiger partial charge in [-0.15, -0.1) is 21.5 Å². The van der Waals surface area contributed by atoms with E-state index in [1.165, 1.54) is 11.3 Å². The van der Waals surface area contributed by atoms with Gasteiger partial charge in [0.1, 0.15) is 4.21 Å². The third-order valence-electron chi connectivity index (χ3n) is 3.29. The topological polar surface area (TPSA) is 81.2 Å². The lowest BCUT2D eigenvalue weighted by atomic mass is 10.1. The summed E-state index contributed by atoms with van der Waals surface area (Å²) in [6.07, 6.45) is 0.909. The summed E-state index contributed by atoms with van der Waals surface area (Å²) >= 11 is 1.18. The number of ether oxygens (including phenoxy) is 1. The van der Waals surface area contributed by atoms with Gasteiger partial charge in [0.05, 0.1) is 12.3 Å². The van der Waals surface area contributed by atoms with Crippen LogP contribution in [0.15, 0.2) is 58.1 Å². The van der Waals surface area contributed by atoms with E-state index in [4.69, 9.17) is 4.74 Å². The van der Waals surface area contributed by atoms with Crippen LogP contribution in [0.4, 0.5) is 5.69 Å². The van der Waals surface area contributed by atoms with Crippen LogP contribution < -0.4 is 9.46 Å². The fourth-order valence-corrected chi connectivity index (χ4v) is 4.14. The summed E-state index contributed by atoms with van der Waals surface area (Å²) in [6.45, 7) is 2.63. The third-order valence-corrected chi connectivity index (χ3v) is 6.07. The highest BCUT2D eigenvalue weighted by Crippen LogP contribution is 2.23. The van der Waals surface area contributed by atoms with Crippen LogP contribution in [0.3, 0.4) is 0 Å². The summed E-state index contributed by atoms with van der Waals surface area (Å²) in [5, 5.41) is 9.89. The minimum absolute atomic E-state index is 0.283. The molecule has 3 rings (SSSR count). The normalized spacial score (nSPS) is 11.2. The molecule has 3 aromatic rings. The summed E-state index contributed by atoms with van der Waals surface area (Å²) in [5.41, 5.74) is 2.03. The van der Waals surface area contributed by atoms with E-state index in [1.807, 2.05) is 13.0 Å². The van der Waals surface area contributed by atoms with Gasteiger partial charge >= 0.3 is 0 Å². The zero-order chi connectivity index (χ0) is 17.7. The minimum Gasteiger partial charge on any atom is -0.477 e. The molecule has 2 heterocycles. The maximum absolute atomic E-state index is 12.2. The fourth-order valence-electron chi connectivity index (χ4n) is 2.09. The molecule has 130 valence electrons. The van der Waals surface area contributed by atoms with E-state index in [9.17, 15) is 8.42 Å². The van der Waals surface area contributed by atoms with Crippen molar-refractivity contribution >= 4 is 27.0 Å². The van der Waals surface area contributed by atoms with Crippen LogP contribution >= 0.6 is 11.3 Å². The van der Waals surface area contributed by atoms with Gasteiger partial charge in [-0.3, -0.25) is 4.72 Å². The lowest BCUT2D eigenvalue weighted by molar-refractivity contribution is 0.302. The Balaban J connectivity index is 1.72. The highest BCUT2D eigenvalue weighted by molar-refractivity contribution is 7.94. The monoisotopic (exact) mass is 375 g/mol. The van der Waals surface area contributed by atoms with E-state index in [1.54, 1.807) is 47.8 Å². The predicted octanol–water partition coefficient (Wildman–Crippen LogP) is 3.79. The van der Waals surface area contributed by atoms with E-state index >= 15 is 0 Å². The van der Waals surface area contributed by atoms with Crippen LogP contribution in [0.5, 0.6) is 5.88 Å². The number of benzene rings is 1. The first-order chi connectivity index (χ1) is 12.1. The molecule has 0 unspecified atom stereocenters. The Morgan fingerprint density at radius 3 is 2.48 bits per heavy atom. The van der Waals surface area contributed by atoms with E-state index in [0.29, 0.717) is 23.9 Å². The first-order valence-corrected chi connectivity index (χ1v) is 10.1. The van der Waals surface area contributed by atoms with Gasteiger partial charge in [0.2, 0.25) is 5.88 Å². The number of thiophene rings is 1. The van der Waals surface area contributed by atoms with Crippen molar-refractivity contribution in [3.05, 3.63) is 53.9 Å². The van der Waals surface area contributed by atoms with Gasteiger partial charge in [-0.1, -0.05) is 25.1 Å². The van der Waals surface area contributed by atoms with Crippen LogP contribution in [0.1, 0.15) is 13.3 Å². The summed E-state index contributed by atoms with van der Waals surface area (Å²) in [4.78, 5) is 0. The van der Waals surface area contributed by atoms with Crippen molar-refractivity contribution in [2.24, 2.45) is 0 Å². The molecule has 0 aliphatic heterocycles. The molecular weight excluding hydrogens is 358 g/mol. The van der Waals surface area contributed by atoms with Crippen molar-refractivity contribution in [3.8, 4) is 17.1 Å². The number of aromatic nitrogens is 2. The molecule has 8 heteroatoms. The molecule has 6 nitrogen and oxygen atoms in total. The highest BCUT2D eigenvalue weighted by Gasteiger charge is 2.15. The lowest BCUT2D eigenvalue weighted by Gasteiger charge is -2.07. The van der Waals surface area contributed by atoms with Crippen molar-refractivity contribution in [1.29, 1.82) is 0 Å². The number of hydrogen-bond donors (Lipinski definition) is 1. The van der Waals surface area contributed by atoms with Crippen molar-refractivity contribution in [2.75, 3.05) is 11.3 Å². The molecule has 0 bridgehead atoms. The molecule has 0 aliphatic rings. The average Bonchev–Trinajstić information content (AvgIpc) is 3.17. The maximum Gasteiger partial charge on any atom is 0.271 e. The number of nitrogens with one attached hydrogen (secondary N) is 1. The maximum atomic E-state index is 12.2. The Hall–Kier alpha value is -2.45. The van der Waals surface area contributed by atoms with Gasteiger partial charge in [0, 0.05) is 17.3 Å². The Labute approximate surface area is 150 Å². The second-order valence-electron chi connectivity index (χ2n) is 5.22. The lowest BCUT2D eigenvalue weighted by Crippen LogP contribution is -2.11. The molecule has 0 amide bonds. The predicted molar refractivity (Wildman–Crippen MR) is 98.4 cm³/mol. The van der Waals surface area contributed by atoms with Crippen LogP contribution in [0.2, 0.25) is 0 Å². The standard InChI is InChI=1S/C17H17N3O3S2/c1-2-11-23-16-10-9-15(18-19-16)13-5-7-14(8-6-13)20-25(21,22)17-4-3-12-24-17/h3-10,12,20H,2,11H2,1H3. The first-order valence-electron chi connectivity index (χ1n) is 7.72. The zero-order valence-corrected chi connectivity index (χ0v) is 15.2. The van der Waals surface area contributed by atoms with Crippen LogP contribution in [-0.2, 0) is 10.0 Å². The quantitative estimate of drug-likeness (QED) is 0.679. The molecule has 1 N–H and O–H groups in total. The van der Waals surface area contributed by atoms with Gasteiger partial charge in [-0.05, 0) is 36.1 Å². The molecule has 25 heavy (non-hydrogen) atoms. The molecule has 0 radical (unpaired) electrons. The Morgan fingerprint density at radius 2 is 1.88 bits per heavy atom. The van der Waals surface area contributed by atoms with Crippen molar-refractivity contribution in [2.45, 2.75) is 17.6 Å². The largest absolute Gasteiger partial charge is 0.477 e. The number of nitrogens with zero attached hydrogens (tertiary/aromatic N) is 2. The zero-order valence-electron chi connectivity index (χ0n) is 13.5. The summed E-state index contributed by atoms with van der Waals surface area (Å²) in [7, 11) is -3.54. The SMILES string of the molecule is CCCOc1ccc(-c2ccc(NS(=O)(=O)c3cccs3)cc2)nn1. The first kappa shape index (κ1) is 17.4. The van der Waals surface area contributed by atoms with E-state index in [2.05, 4.69) is 14.9 Å². The van der Waals surface area contributed by atoms with Crippen molar-refractivity contribution in [1.82, 2.24) is 10.2 Å². The molecule has 1 aromatic carbocycles. The molecule has 0 spiro atoms. The minimum atomic E-state index is -3.54. The van der Waals surface area contributed by atoms with Crippen molar-refractivity contribution in [3.63, 3.8) is 0 Å². The second kappa shape index (κ2) is 7.62. The molecule has 0 fully saturated rings. The summed E-state index contributed by atoms with van der Waals surface area (Å²) in [6, 6.07) is 13.8. The summed E-state index contributed by atoms with van der Waals surface area (Å²) in [5.74, 6) is 0.492. The van der Waals surface area contributed by atoms with E-state index < -0.39 is 10.0 Å².